The first-order valence-corrected chi connectivity index (χ1v) is 3.63. The van der Waals surface area contributed by atoms with Crippen LogP contribution in [0.25, 0.3) is 0 Å². The molecule has 4 N–H and O–H groups in total. The van der Waals surface area contributed by atoms with Crippen molar-refractivity contribution in [3.05, 3.63) is 17.7 Å². The zero-order valence-electron chi connectivity index (χ0n) is 6.93. The molecule has 6 heteroatoms. The van der Waals surface area contributed by atoms with Crippen molar-refractivity contribution in [1.82, 2.24) is 9.97 Å². The van der Waals surface area contributed by atoms with E-state index in [0.717, 1.165) is 0 Å². The molecule has 0 radical (unpaired) electrons. The van der Waals surface area contributed by atoms with E-state index in [-0.39, 0.29) is 5.69 Å². The number of rotatable bonds is 3. The van der Waals surface area contributed by atoms with Crippen molar-refractivity contribution in [2.45, 2.75) is 19.1 Å². The summed E-state index contributed by atoms with van der Waals surface area (Å²) in [5, 5.41) is 26.6. The van der Waals surface area contributed by atoms with E-state index in [1.807, 2.05) is 0 Å². The second kappa shape index (κ2) is 3.55. The Bertz CT molecular complexity index is 309. The highest BCUT2D eigenvalue weighted by Gasteiger charge is 2.26. The molecule has 6 nitrogen and oxygen atoms in total. The predicted molar refractivity (Wildman–Crippen MR) is 41.9 cm³/mol. The van der Waals surface area contributed by atoms with E-state index in [9.17, 15) is 9.90 Å². The second-order valence-electron chi connectivity index (χ2n) is 2.65. The number of carboxylic acids is 1. The fraction of sp³-hybridized carbons (Fsp3) is 0.429. The zero-order chi connectivity index (χ0) is 10.0. The Morgan fingerprint density at radius 2 is 2.23 bits per heavy atom. The lowest BCUT2D eigenvalue weighted by atomic mass is 10.1. The monoisotopic (exact) mass is 186 g/mol. The minimum absolute atomic E-state index is 0.187. The lowest BCUT2D eigenvalue weighted by Gasteiger charge is -2.11. The molecule has 0 saturated carbocycles. The summed E-state index contributed by atoms with van der Waals surface area (Å²) < 4.78 is 0. The van der Waals surface area contributed by atoms with E-state index in [0.29, 0.717) is 5.82 Å². The molecule has 13 heavy (non-hydrogen) atoms. The van der Waals surface area contributed by atoms with E-state index >= 15 is 0 Å². The van der Waals surface area contributed by atoms with Crippen LogP contribution in [-0.2, 0) is 4.79 Å². The summed E-state index contributed by atoms with van der Waals surface area (Å²) in [6.45, 7) is 1.66. The van der Waals surface area contributed by atoms with Crippen molar-refractivity contribution in [2.75, 3.05) is 0 Å². The molecule has 0 amide bonds. The quantitative estimate of drug-likeness (QED) is 0.494. The Hall–Kier alpha value is -1.40. The van der Waals surface area contributed by atoms with Gasteiger partial charge in [-0.3, -0.25) is 0 Å². The summed E-state index contributed by atoms with van der Waals surface area (Å²) in [6.07, 6.45) is -2.02. The van der Waals surface area contributed by atoms with E-state index in [2.05, 4.69) is 9.97 Å². The number of aliphatic hydroxyl groups is 2. The second-order valence-corrected chi connectivity index (χ2v) is 2.65. The molecule has 1 heterocycles. The topological polar surface area (TPSA) is 106 Å². The normalized spacial score (nSPS) is 15.3. The largest absolute Gasteiger partial charge is 0.479 e. The number of nitrogens with one attached hydrogen (secondary N) is 1. The number of aromatic amines is 1. The van der Waals surface area contributed by atoms with Gasteiger partial charge in [0.2, 0.25) is 0 Å². The SMILES string of the molecule is Cc1ncc(C(O)C(O)C(=O)O)[nH]1. The average Bonchev–Trinajstić information content (AvgIpc) is 2.49. The van der Waals surface area contributed by atoms with Crippen LogP contribution in [0.15, 0.2) is 6.20 Å². The van der Waals surface area contributed by atoms with E-state index in [4.69, 9.17) is 10.2 Å². The van der Waals surface area contributed by atoms with Gasteiger partial charge in [-0.1, -0.05) is 0 Å². The smallest absolute Gasteiger partial charge is 0.335 e. The number of aliphatic hydroxyl groups excluding tert-OH is 2. The van der Waals surface area contributed by atoms with Crippen molar-refractivity contribution in [3.63, 3.8) is 0 Å². The van der Waals surface area contributed by atoms with Gasteiger partial charge in [0, 0.05) is 0 Å². The minimum atomic E-state index is -1.83. The van der Waals surface area contributed by atoms with Gasteiger partial charge in [0.05, 0.1) is 11.9 Å². The number of nitrogens with zero attached hydrogens (tertiary/aromatic N) is 1. The van der Waals surface area contributed by atoms with Gasteiger partial charge in [-0.15, -0.1) is 0 Å². The number of hydrogen-bond donors (Lipinski definition) is 4. The summed E-state index contributed by atoms with van der Waals surface area (Å²) in [4.78, 5) is 16.7. The van der Waals surface area contributed by atoms with Gasteiger partial charge in [-0.05, 0) is 6.92 Å². The Kier molecular flexibility index (Phi) is 2.64. The first kappa shape index (κ1) is 9.69. The number of carboxylic acid groups (broad SMARTS) is 1. The average molecular weight is 186 g/mol. The van der Waals surface area contributed by atoms with E-state index in [1.165, 1.54) is 6.20 Å². The molecule has 0 aliphatic carbocycles. The first-order valence-electron chi connectivity index (χ1n) is 3.63. The maximum atomic E-state index is 10.3. The van der Waals surface area contributed by atoms with Crippen molar-refractivity contribution >= 4 is 5.97 Å². The number of aryl methyl sites for hydroxylation is 1. The summed E-state index contributed by atoms with van der Waals surface area (Å²) in [5.41, 5.74) is 0.187. The van der Waals surface area contributed by atoms with Gasteiger partial charge in [0.25, 0.3) is 0 Å². The van der Waals surface area contributed by atoms with Crippen molar-refractivity contribution in [1.29, 1.82) is 0 Å². The minimum Gasteiger partial charge on any atom is -0.479 e. The fourth-order valence-corrected chi connectivity index (χ4v) is 0.895. The summed E-state index contributed by atoms with van der Waals surface area (Å²) in [5.74, 6) is -0.925. The van der Waals surface area contributed by atoms with Gasteiger partial charge in [-0.2, -0.15) is 0 Å². The maximum Gasteiger partial charge on any atom is 0.335 e. The maximum absolute atomic E-state index is 10.3. The number of aromatic nitrogens is 2. The molecule has 0 aromatic carbocycles. The highest BCUT2D eigenvalue weighted by atomic mass is 16.4. The van der Waals surface area contributed by atoms with Crippen LogP contribution in [0.2, 0.25) is 0 Å². The summed E-state index contributed by atoms with van der Waals surface area (Å²) >= 11 is 0. The van der Waals surface area contributed by atoms with Crippen LogP contribution < -0.4 is 0 Å². The molecular formula is C7H10N2O4. The van der Waals surface area contributed by atoms with Crippen molar-refractivity contribution < 1.29 is 20.1 Å². The molecular weight excluding hydrogens is 176 g/mol. The van der Waals surface area contributed by atoms with Gasteiger partial charge in [0.1, 0.15) is 11.9 Å². The number of hydrogen-bond acceptors (Lipinski definition) is 4. The highest BCUT2D eigenvalue weighted by molar-refractivity contribution is 5.72. The van der Waals surface area contributed by atoms with Crippen LogP contribution >= 0.6 is 0 Å². The Morgan fingerprint density at radius 1 is 1.62 bits per heavy atom. The number of imidazole rings is 1. The summed E-state index contributed by atoms with van der Waals surface area (Å²) in [7, 11) is 0. The van der Waals surface area contributed by atoms with Crippen LogP contribution in [0.4, 0.5) is 0 Å². The molecule has 1 aromatic rings. The third-order valence-electron chi connectivity index (χ3n) is 1.59. The molecule has 2 atom stereocenters. The van der Waals surface area contributed by atoms with Gasteiger partial charge in [0.15, 0.2) is 6.10 Å². The number of carbonyl (C=O) groups is 1. The molecule has 0 aliphatic rings. The zero-order valence-corrected chi connectivity index (χ0v) is 6.93. The highest BCUT2D eigenvalue weighted by Crippen LogP contribution is 2.14. The van der Waals surface area contributed by atoms with Gasteiger partial charge in [-0.25, -0.2) is 9.78 Å². The Morgan fingerprint density at radius 3 is 2.62 bits per heavy atom. The van der Waals surface area contributed by atoms with Crippen molar-refractivity contribution in [2.24, 2.45) is 0 Å². The van der Waals surface area contributed by atoms with Crippen LogP contribution in [-0.4, -0.2) is 37.4 Å². The van der Waals surface area contributed by atoms with Crippen molar-refractivity contribution in [3.8, 4) is 0 Å². The van der Waals surface area contributed by atoms with Gasteiger partial charge >= 0.3 is 5.97 Å². The standard InChI is InChI=1S/C7H10N2O4/c1-3-8-2-4(9-3)5(10)6(11)7(12)13/h2,5-6,10-11H,1H3,(H,8,9)(H,12,13). The molecule has 0 fully saturated rings. The Balaban J connectivity index is 2.78. The van der Waals surface area contributed by atoms with E-state index in [1.54, 1.807) is 6.92 Å². The molecule has 0 saturated heterocycles. The Labute approximate surface area is 73.9 Å². The third-order valence-corrected chi connectivity index (χ3v) is 1.59. The third kappa shape index (κ3) is 2.04. The molecule has 0 bridgehead atoms. The molecule has 1 rings (SSSR count). The fourth-order valence-electron chi connectivity index (χ4n) is 0.895. The molecule has 0 spiro atoms. The van der Waals surface area contributed by atoms with Crippen LogP contribution in [0.1, 0.15) is 17.6 Å². The van der Waals surface area contributed by atoms with Crippen LogP contribution in [0, 0.1) is 6.92 Å². The molecule has 2 unspecified atom stereocenters. The molecule has 72 valence electrons. The summed E-state index contributed by atoms with van der Waals surface area (Å²) in [6, 6.07) is 0. The van der Waals surface area contributed by atoms with Crippen LogP contribution in [0.3, 0.4) is 0 Å². The predicted octanol–water partition coefficient (Wildman–Crippen LogP) is -0.803. The number of aliphatic carboxylic acids is 1. The molecule has 0 aliphatic heterocycles. The van der Waals surface area contributed by atoms with Gasteiger partial charge < -0.3 is 20.3 Å². The number of H-pyrrole nitrogens is 1. The molecule has 1 aromatic heterocycles. The van der Waals surface area contributed by atoms with E-state index < -0.39 is 18.2 Å². The van der Waals surface area contributed by atoms with Crippen LogP contribution in [0.5, 0.6) is 0 Å². The lowest BCUT2D eigenvalue weighted by molar-refractivity contribution is -0.153. The lowest BCUT2D eigenvalue weighted by Crippen LogP contribution is -2.27. The first-order chi connectivity index (χ1) is 6.02.